The van der Waals surface area contributed by atoms with Gasteiger partial charge in [-0.2, -0.15) is 5.10 Å². The number of carboxylic acid groups (broad SMARTS) is 1. The molecule has 2 rings (SSSR count). The van der Waals surface area contributed by atoms with Gasteiger partial charge in [0.25, 0.3) is 0 Å². The first-order valence-electron chi connectivity index (χ1n) is 6.74. The largest absolute Gasteiger partial charge is 0.479 e. The predicted octanol–water partition coefficient (Wildman–Crippen LogP) is 1.97. The van der Waals surface area contributed by atoms with E-state index in [4.69, 9.17) is 4.74 Å². The van der Waals surface area contributed by atoms with Crippen LogP contribution >= 0.6 is 0 Å². The van der Waals surface area contributed by atoms with Crippen LogP contribution in [0.2, 0.25) is 0 Å². The van der Waals surface area contributed by atoms with E-state index in [-0.39, 0.29) is 18.7 Å². The van der Waals surface area contributed by atoms with Gasteiger partial charge in [-0.15, -0.1) is 0 Å². The lowest BCUT2D eigenvalue weighted by molar-refractivity contribution is -0.142. The lowest BCUT2D eigenvalue weighted by Crippen LogP contribution is -2.47. The number of anilines is 1. The molecule has 21 heavy (non-hydrogen) atoms. The highest BCUT2D eigenvalue weighted by atomic mass is 16.5. The molecule has 0 unspecified atom stereocenters. The highest BCUT2D eigenvalue weighted by Gasteiger charge is 2.48. The van der Waals surface area contributed by atoms with Crippen molar-refractivity contribution in [1.82, 2.24) is 0 Å². The smallest absolute Gasteiger partial charge is 0.354 e. The molecular weight excluding hydrogens is 272 g/mol. The first-order valence-corrected chi connectivity index (χ1v) is 6.74. The maximum absolute atomic E-state index is 11.8. The minimum atomic E-state index is -1.30. The number of carbonyl (C=O) groups is 2. The molecule has 0 amide bonds. The summed E-state index contributed by atoms with van der Waals surface area (Å²) in [7, 11) is 0. The molecule has 112 valence electrons. The van der Waals surface area contributed by atoms with Gasteiger partial charge < -0.3 is 9.84 Å². The van der Waals surface area contributed by atoms with Gasteiger partial charge in [-0.25, -0.2) is 14.6 Å². The zero-order valence-electron chi connectivity index (χ0n) is 12.3. The fourth-order valence-corrected chi connectivity index (χ4v) is 2.28. The topological polar surface area (TPSA) is 79.2 Å². The summed E-state index contributed by atoms with van der Waals surface area (Å²) in [5.41, 5.74) is 0.388. The summed E-state index contributed by atoms with van der Waals surface area (Å²) < 4.78 is 4.92. The fourth-order valence-electron chi connectivity index (χ4n) is 2.28. The summed E-state index contributed by atoms with van der Waals surface area (Å²) in [6.07, 6.45) is 0.00943. The summed E-state index contributed by atoms with van der Waals surface area (Å²) in [5.74, 6) is -1.60. The molecule has 0 spiro atoms. The molecule has 1 heterocycles. The normalized spacial score (nSPS) is 21.1. The van der Waals surface area contributed by atoms with Crippen LogP contribution in [-0.4, -0.2) is 34.9 Å². The molecule has 1 N–H and O–H groups in total. The second-order valence-corrected chi connectivity index (χ2v) is 5.12. The number of aliphatic carboxylic acids is 1. The number of hydrogen-bond acceptors (Lipinski definition) is 5. The number of nitrogens with zero attached hydrogens (tertiary/aromatic N) is 2. The Morgan fingerprint density at radius 2 is 2.10 bits per heavy atom. The maximum Gasteiger partial charge on any atom is 0.354 e. The Morgan fingerprint density at radius 1 is 1.43 bits per heavy atom. The molecule has 0 fully saturated rings. The van der Waals surface area contributed by atoms with E-state index in [1.807, 2.05) is 25.1 Å². The third kappa shape index (κ3) is 2.61. The predicted molar refractivity (Wildman–Crippen MR) is 78.4 cm³/mol. The Labute approximate surface area is 123 Å². The molecule has 0 aromatic heterocycles. The van der Waals surface area contributed by atoms with E-state index in [0.29, 0.717) is 5.69 Å². The summed E-state index contributed by atoms with van der Waals surface area (Å²) in [6.45, 7) is 5.35. The van der Waals surface area contributed by atoms with Crippen molar-refractivity contribution in [3.63, 3.8) is 0 Å². The van der Waals surface area contributed by atoms with Crippen LogP contribution < -0.4 is 5.01 Å². The molecule has 0 saturated heterocycles. The zero-order valence-corrected chi connectivity index (χ0v) is 12.3. The van der Waals surface area contributed by atoms with E-state index < -0.39 is 17.5 Å². The maximum atomic E-state index is 11.8. The Morgan fingerprint density at radius 3 is 2.67 bits per heavy atom. The lowest BCUT2D eigenvalue weighted by atomic mass is 9.95. The van der Waals surface area contributed by atoms with Gasteiger partial charge in [-0.05, 0) is 32.4 Å². The molecule has 1 atom stereocenters. The number of hydrazone groups is 1. The Kier molecular flexibility index (Phi) is 3.97. The van der Waals surface area contributed by atoms with Crippen LogP contribution in [0, 0.1) is 6.92 Å². The van der Waals surface area contributed by atoms with Gasteiger partial charge in [0.05, 0.1) is 12.3 Å². The van der Waals surface area contributed by atoms with Crippen LogP contribution in [0.3, 0.4) is 0 Å². The Balaban J connectivity index is 2.46. The molecule has 1 aliphatic rings. The molecule has 0 saturated carbocycles. The first kappa shape index (κ1) is 15.0. The van der Waals surface area contributed by atoms with Crippen LogP contribution in [0.4, 0.5) is 5.69 Å². The van der Waals surface area contributed by atoms with Gasteiger partial charge >= 0.3 is 11.9 Å². The molecular formula is C15H18N2O4. The monoisotopic (exact) mass is 290 g/mol. The third-order valence-corrected chi connectivity index (χ3v) is 3.52. The van der Waals surface area contributed by atoms with Gasteiger partial charge in [0, 0.05) is 6.42 Å². The van der Waals surface area contributed by atoms with E-state index in [2.05, 4.69) is 5.10 Å². The second kappa shape index (κ2) is 5.55. The van der Waals surface area contributed by atoms with Crippen molar-refractivity contribution in [1.29, 1.82) is 0 Å². The number of carbonyl (C=O) groups excluding carboxylic acids is 1. The van der Waals surface area contributed by atoms with Crippen molar-refractivity contribution in [2.24, 2.45) is 5.10 Å². The third-order valence-electron chi connectivity index (χ3n) is 3.52. The highest BCUT2D eigenvalue weighted by molar-refractivity contribution is 6.38. The van der Waals surface area contributed by atoms with Crippen LogP contribution in [0.15, 0.2) is 29.4 Å². The summed E-state index contributed by atoms with van der Waals surface area (Å²) in [6, 6.07) is 7.33. The van der Waals surface area contributed by atoms with E-state index in [1.165, 1.54) is 5.01 Å². The van der Waals surface area contributed by atoms with Crippen molar-refractivity contribution in [2.45, 2.75) is 32.7 Å². The van der Waals surface area contributed by atoms with Gasteiger partial charge in [0.1, 0.15) is 5.71 Å². The minimum Gasteiger partial charge on any atom is -0.479 e. The van der Waals surface area contributed by atoms with Crippen LogP contribution in [0.5, 0.6) is 0 Å². The quantitative estimate of drug-likeness (QED) is 0.858. The van der Waals surface area contributed by atoms with Gasteiger partial charge in [0.2, 0.25) is 0 Å². The van der Waals surface area contributed by atoms with E-state index in [9.17, 15) is 14.7 Å². The fraction of sp³-hybridized carbons (Fsp3) is 0.400. The standard InChI is InChI=1S/C15H18N2O4/c1-4-21-13(18)11-9-15(3,14(19)20)17(16-11)12-8-6-5-7-10(12)2/h5-8H,4,9H2,1-3H3,(H,19,20)/t15-/m0/s1. The van der Waals surface area contributed by atoms with Gasteiger partial charge in [-0.1, -0.05) is 18.2 Å². The first-order chi connectivity index (χ1) is 9.90. The number of para-hydroxylation sites is 1. The molecule has 0 radical (unpaired) electrons. The summed E-state index contributed by atoms with van der Waals surface area (Å²) in [4.78, 5) is 23.5. The SMILES string of the molecule is CCOC(=O)C1=NN(c2ccccc2C)[C@](C)(C(=O)O)C1. The number of esters is 1. The average molecular weight is 290 g/mol. The second-order valence-electron chi connectivity index (χ2n) is 5.12. The van der Waals surface area contributed by atoms with E-state index in [0.717, 1.165) is 5.56 Å². The van der Waals surface area contributed by atoms with Crippen molar-refractivity contribution < 1.29 is 19.4 Å². The van der Waals surface area contributed by atoms with Crippen LogP contribution in [0.1, 0.15) is 25.8 Å². The lowest BCUT2D eigenvalue weighted by Gasteiger charge is -2.31. The van der Waals surface area contributed by atoms with Crippen molar-refractivity contribution >= 4 is 23.3 Å². The Hall–Kier alpha value is -2.37. The molecule has 0 aliphatic carbocycles. The average Bonchev–Trinajstić information content (AvgIpc) is 2.79. The molecule has 6 nitrogen and oxygen atoms in total. The number of aryl methyl sites for hydroxylation is 1. The molecule has 1 aromatic rings. The molecule has 1 aliphatic heterocycles. The Bertz CT molecular complexity index is 611. The highest BCUT2D eigenvalue weighted by Crippen LogP contribution is 2.35. The van der Waals surface area contributed by atoms with Gasteiger partial charge in [0.15, 0.2) is 5.54 Å². The van der Waals surface area contributed by atoms with E-state index >= 15 is 0 Å². The van der Waals surface area contributed by atoms with Crippen LogP contribution in [0.25, 0.3) is 0 Å². The zero-order chi connectivity index (χ0) is 15.6. The molecule has 0 bridgehead atoms. The minimum absolute atomic E-state index is 0.00943. The van der Waals surface area contributed by atoms with Crippen LogP contribution in [-0.2, 0) is 14.3 Å². The van der Waals surface area contributed by atoms with Crippen molar-refractivity contribution in [3.8, 4) is 0 Å². The number of rotatable bonds is 4. The van der Waals surface area contributed by atoms with E-state index in [1.54, 1.807) is 19.9 Å². The summed E-state index contributed by atoms with van der Waals surface area (Å²) >= 11 is 0. The van der Waals surface area contributed by atoms with Gasteiger partial charge in [-0.3, -0.25) is 0 Å². The molecule has 1 aromatic carbocycles. The number of carboxylic acids is 1. The number of ether oxygens (including phenoxy) is 1. The number of benzene rings is 1. The van der Waals surface area contributed by atoms with Crippen molar-refractivity contribution in [2.75, 3.05) is 11.6 Å². The summed E-state index contributed by atoms with van der Waals surface area (Å²) in [5, 5.41) is 15.2. The molecule has 6 heteroatoms. The van der Waals surface area contributed by atoms with Crippen molar-refractivity contribution in [3.05, 3.63) is 29.8 Å². The number of hydrogen-bond donors (Lipinski definition) is 1.